The number of rotatable bonds is 3. The molecule has 2 heterocycles. The van der Waals surface area contributed by atoms with Gasteiger partial charge < -0.3 is 15.4 Å². The summed E-state index contributed by atoms with van der Waals surface area (Å²) in [5.41, 5.74) is 11.6. The van der Waals surface area contributed by atoms with Gasteiger partial charge in [0.1, 0.15) is 5.75 Å². The van der Waals surface area contributed by atoms with Crippen LogP contribution < -0.4 is 15.4 Å². The van der Waals surface area contributed by atoms with E-state index in [9.17, 15) is 4.79 Å². The van der Waals surface area contributed by atoms with Crippen LogP contribution in [0.3, 0.4) is 0 Å². The van der Waals surface area contributed by atoms with Crippen LogP contribution in [-0.2, 0) is 6.42 Å². The standard InChI is InChI=1S/C26H21ClN2O2S/c1-29(22-8-3-2-7-21(22)27)26(30)24-15-18-11-12-31-23-14-17(9-10-20(23)25(18)32-24)16-5-4-6-19(28)13-16/h2-10,13-15H,11-12,28H2,1H3. The summed E-state index contributed by atoms with van der Waals surface area (Å²) < 4.78 is 6.08. The third kappa shape index (κ3) is 3.74. The van der Waals surface area contributed by atoms with Crippen LogP contribution in [0.4, 0.5) is 11.4 Å². The highest BCUT2D eigenvalue weighted by Gasteiger charge is 2.24. The van der Waals surface area contributed by atoms with Crippen molar-refractivity contribution in [1.82, 2.24) is 0 Å². The Morgan fingerprint density at radius 1 is 1.03 bits per heavy atom. The highest BCUT2D eigenvalue weighted by Crippen LogP contribution is 2.43. The van der Waals surface area contributed by atoms with E-state index in [2.05, 4.69) is 18.2 Å². The molecule has 1 aliphatic rings. The average molecular weight is 461 g/mol. The number of ether oxygens (including phenoxy) is 1. The smallest absolute Gasteiger partial charge is 0.268 e. The Kier molecular flexibility index (Phi) is 5.37. The van der Waals surface area contributed by atoms with Crippen molar-refractivity contribution in [3.8, 4) is 27.3 Å². The predicted molar refractivity (Wildman–Crippen MR) is 133 cm³/mol. The number of carbonyl (C=O) groups excluding carboxylic acids is 1. The molecule has 0 radical (unpaired) electrons. The number of hydrogen-bond donors (Lipinski definition) is 1. The van der Waals surface area contributed by atoms with Crippen LogP contribution in [0.15, 0.2) is 72.8 Å². The molecule has 4 nitrogen and oxygen atoms in total. The van der Waals surface area contributed by atoms with Gasteiger partial charge in [-0.25, -0.2) is 0 Å². The zero-order valence-electron chi connectivity index (χ0n) is 17.5. The van der Waals surface area contributed by atoms with Crippen molar-refractivity contribution in [1.29, 1.82) is 0 Å². The maximum atomic E-state index is 13.2. The van der Waals surface area contributed by atoms with E-state index in [-0.39, 0.29) is 5.91 Å². The highest BCUT2D eigenvalue weighted by atomic mass is 35.5. The van der Waals surface area contributed by atoms with Crippen LogP contribution in [0, 0.1) is 0 Å². The molecule has 1 aromatic heterocycles. The largest absolute Gasteiger partial charge is 0.493 e. The molecular weight excluding hydrogens is 440 g/mol. The summed E-state index contributed by atoms with van der Waals surface area (Å²) >= 11 is 7.80. The summed E-state index contributed by atoms with van der Waals surface area (Å²) in [6, 6.07) is 23.4. The van der Waals surface area contributed by atoms with E-state index in [1.807, 2.05) is 48.5 Å². The fraction of sp³-hybridized carbons (Fsp3) is 0.115. The minimum absolute atomic E-state index is 0.0741. The molecule has 5 rings (SSSR count). The van der Waals surface area contributed by atoms with Crippen LogP contribution in [0.1, 0.15) is 15.2 Å². The molecule has 2 N–H and O–H groups in total. The van der Waals surface area contributed by atoms with Gasteiger partial charge in [0.25, 0.3) is 5.91 Å². The lowest BCUT2D eigenvalue weighted by molar-refractivity contribution is 0.0996. The Bertz CT molecular complexity index is 1330. The molecule has 0 spiro atoms. The van der Waals surface area contributed by atoms with Crippen molar-refractivity contribution in [2.24, 2.45) is 0 Å². The van der Waals surface area contributed by atoms with E-state index < -0.39 is 0 Å². The van der Waals surface area contributed by atoms with E-state index in [4.69, 9.17) is 22.1 Å². The van der Waals surface area contributed by atoms with E-state index in [0.717, 1.165) is 45.0 Å². The zero-order valence-corrected chi connectivity index (χ0v) is 19.0. The van der Waals surface area contributed by atoms with Crippen LogP contribution in [0.2, 0.25) is 5.02 Å². The Labute approximate surface area is 195 Å². The molecular formula is C26H21ClN2O2S. The van der Waals surface area contributed by atoms with Crippen molar-refractivity contribution in [3.63, 3.8) is 0 Å². The second kappa shape index (κ2) is 8.34. The second-order valence-electron chi connectivity index (χ2n) is 7.72. The number of nitrogen functional groups attached to an aromatic ring is 1. The summed E-state index contributed by atoms with van der Waals surface area (Å²) in [6.07, 6.45) is 0.747. The monoisotopic (exact) mass is 460 g/mol. The number of para-hydroxylation sites is 1. The fourth-order valence-corrected chi connectivity index (χ4v) is 5.42. The first-order valence-corrected chi connectivity index (χ1v) is 11.5. The van der Waals surface area contributed by atoms with E-state index in [1.54, 1.807) is 18.0 Å². The highest BCUT2D eigenvalue weighted by molar-refractivity contribution is 7.17. The van der Waals surface area contributed by atoms with Crippen LogP contribution >= 0.6 is 22.9 Å². The summed E-state index contributed by atoms with van der Waals surface area (Å²) in [6.45, 7) is 0.561. The Hall–Kier alpha value is -3.28. The molecule has 1 amide bonds. The minimum atomic E-state index is -0.0741. The molecule has 0 saturated carbocycles. The average Bonchev–Trinajstić information content (AvgIpc) is 3.14. The third-order valence-corrected chi connectivity index (χ3v) is 7.13. The van der Waals surface area contributed by atoms with Crippen LogP contribution in [0.5, 0.6) is 5.75 Å². The van der Waals surface area contributed by atoms with Gasteiger partial charge >= 0.3 is 0 Å². The van der Waals surface area contributed by atoms with Gasteiger partial charge in [-0.15, -0.1) is 11.3 Å². The molecule has 4 aromatic rings. The molecule has 0 aliphatic carbocycles. The first-order chi connectivity index (χ1) is 15.5. The van der Waals surface area contributed by atoms with Crippen molar-refractivity contribution in [2.45, 2.75) is 6.42 Å². The van der Waals surface area contributed by atoms with E-state index in [0.29, 0.717) is 22.2 Å². The first-order valence-electron chi connectivity index (χ1n) is 10.3. The normalized spacial score (nSPS) is 12.3. The number of hydrogen-bond acceptors (Lipinski definition) is 4. The lowest BCUT2D eigenvalue weighted by Gasteiger charge is -2.17. The van der Waals surface area contributed by atoms with Crippen molar-refractivity contribution in [2.75, 3.05) is 24.3 Å². The SMILES string of the molecule is CN(C(=O)c1cc2c(s1)-c1ccc(-c3cccc(N)c3)cc1OCC2)c1ccccc1Cl. The summed E-state index contributed by atoms with van der Waals surface area (Å²) in [5, 5.41) is 0.550. The van der Waals surface area contributed by atoms with E-state index in [1.165, 1.54) is 11.3 Å². The molecule has 6 heteroatoms. The number of thiophene rings is 1. The van der Waals surface area contributed by atoms with Gasteiger partial charge in [0.05, 0.1) is 22.2 Å². The fourth-order valence-electron chi connectivity index (χ4n) is 3.94. The second-order valence-corrected chi connectivity index (χ2v) is 9.17. The van der Waals surface area contributed by atoms with Gasteiger partial charge in [0, 0.05) is 29.6 Å². The minimum Gasteiger partial charge on any atom is -0.493 e. The van der Waals surface area contributed by atoms with Gasteiger partial charge in [0.15, 0.2) is 0 Å². The molecule has 0 unspecified atom stereocenters. The number of halogens is 1. The summed E-state index contributed by atoms with van der Waals surface area (Å²) in [4.78, 5) is 16.6. The molecule has 0 atom stereocenters. The molecule has 1 aliphatic heterocycles. The maximum absolute atomic E-state index is 13.2. The van der Waals surface area contributed by atoms with Crippen LogP contribution in [0.25, 0.3) is 21.6 Å². The Morgan fingerprint density at radius 3 is 2.66 bits per heavy atom. The third-order valence-electron chi connectivity index (χ3n) is 5.61. The van der Waals surface area contributed by atoms with Gasteiger partial charge in [-0.1, -0.05) is 41.9 Å². The van der Waals surface area contributed by atoms with Gasteiger partial charge in [-0.3, -0.25) is 4.79 Å². The lowest BCUT2D eigenvalue weighted by atomic mass is 10.0. The number of amides is 1. The van der Waals surface area contributed by atoms with Crippen LogP contribution in [-0.4, -0.2) is 19.6 Å². The molecule has 0 fully saturated rings. The Balaban J connectivity index is 1.51. The molecule has 160 valence electrons. The van der Waals surface area contributed by atoms with Crippen molar-refractivity contribution < 1.29 is 9.53 Å². The lowest BCUT2D eigenvalue weighted by Crippen LogP contribution is -2.25. The Morgan fingerprint density at radius 2 is 1.84 bits per heavy atom. The molecule has 3 aromatic carbocycles. The number of nitrogens with two attached hydrogens (primary N) is 1. The van der Waals surface area contributed by atoms with Gasteiger partial charge in [0.2, 0.25) is 0 Å². The molecule has 0 saturated heterocycles. The van der Waals surface area contributed by atoms with Gasteiger partial charge in [-0.05, 0) is 59.2 Å². The number of benzene rings is 3. The number of nitrogens with zero attached hydrogens (tertiary/aromatic N) is 1. The number of fused-ring (bicyclic) bond motifs is 3. The maximum Gasteiger partial charge on any atom is 0.268 e. The van der Waals surface area contributed by atoms with E-state index >= 15 is 0 Å². The quantitative estimate of drug-likeness (QED) is 0.353. The number of carbonyl (C=O) groups is 1. The first kappa shape index (κ1) is 20.6. The predicted octanol–water partition coefficient (Wildman–Crippen LogP) is 6.53. The topological polar surface area (TPSA) is 55.6 Å². The molecule has 32 heavy (non-hydrogen) atoms. The van der Waals surface area contributed by atoms with Crippen molar-refractivity contribution >= 4 is 40.2 Å². The zero-order chi connectivity index (χ0) is 22.2. The summed E-state index contributed by atoms with van der Waals surface area (Å²) in [7, 11) is 1.75. The van der Waals surface area contributed by atoms with Crippen molar-refractivity contribution in [3.05, 3.63) is 88.3 Å². The summed E-state index contributed by atoms with van der Waals surface area (Å²) in [5.74, 6) is 0.749. The molecule has 0 bridgehead atoms. The number of anilines is 2. The van der Waals surface area contributed by atoms with Gasteiger partial charge in [-0.2, -0.15) is 0 Å².